The standard InChI is InChI=1S/C29H32N4/c1-21(2)27-20-32(19-23-10-6-4-7-11-23)16-17-33(27)29-25-15-14-22(3)18-26(25)30-28(31-29)24-12-8-5-9-13-24/h4-15,18,21,27H,16-17,19-20H2,1-3H3/t27-/m1/s1. The van der Waals surface area contributed by atoms with E-state index in [-0.39, 0.29) is 0 Å². The summed E-state index contributed by atoms with van der Waals surface area (Å²) in [5, 5.41) is 1.14. The van der Waals surface area contributed by atoms with Crippen molar-refractivity contribution in [2.45, 2.75) is 33.4 Å². The van der Waals surface area contributed by atoms with Crippen molar-refractivity contribution in [3.63, 3.8) is 0 Å². The third-order valence-electron chi connectivity index (χ3n) is 6.66. The highest BCUT2D eigenvalue weighted by atomic mass is 15.3. The largest absolute Gasteiger partial charge is 0.350 e. The molecule has 4 nitrogen and oxygen atoms in total. The molecule has 1 aromatic heterocycles. The van der Waals surface area contributed by atoms with Crippen molar-refractivity contribution in [3.05, 3.63) is 90.0 Å². The summed E-state index contributed by atoms with van der Waals surface area (Å²) >= 11 is 0. The topological polar surface area (TPSA) is 32.3 Å². The Hall–Kier alpha value is -3.24. The summed E-state index contributed by atoms with van der Waals surface area (Å²) in [4.78, 5) is 15.2. The van der Waals surface area contributed by atoms with Gasteiger partial charge in [0.05, 0.1) is 5.52 Å². The average molecular weight is 437 g/mol. The maximum Gasteiger partial charge on any atom is 0.162 e. The second-order valence-electron chi connectivity index (χ2n) is 9.48. The van der Waals surface area contributed by atoms with E-state index >= 15 is 0 Å². The first kappa shape index (κ1) is 21.6. The number of aromatic nitrogens is 2. The summed E-state index contributed by atoms with van der Waals surface area (Å²) in [6, 6.07) is 28.1. The minimum absolute atomic E-state index is 0.394. The van der Waals surface area contributed by atoms with E-state index in [1.165, 1.54) is 11.1 Å². The van der Waals surface area contributed by atoms with Crippen molar-refractivity contribution in [1.82, 2.24) is 14.9 Å². The molecule has 3 aromatic carbocycles. The third kappa shape index (κ3) is 4.62. The third-order valence-corrected chi connectivity index (χ3v) is 6.66. The van der Waals surface area contributed by atoms with Gasteiger partial charge >= 0.3 is 0 Å². The molecule has 1 aliphatic heterocycles. The maximum absolute atomic E-state index is 5.16. The number of fused-ring (bicyclic) bond motifs is 1. The first-order chi connectivity index (χ1) is 16.1. The predicted molar refractivity (Wildman–Crippen MR) is 137 cm³/mol. The van der Waals surface area contributed by atoms with E-state index in [9.17, 15) is 0 Å². The molecular formula is C29H32N4. The van der Waals surface area contributed by atoms with Crippen LogP contribution in [-0.4, -0.2) is 40.5 Å². The van der Waals surface area contributed by atoms with Crippen molar-refractivity contribution in [1.29, 1.82) is 0 Å². The van der Waals surface area contributed by atoms with Crippen molar-refractivity contribution in [2.75, 3.05) is 24.5 Å². The van der Waals surface area contributed by atoms with E-state index < -0.39 is 0 Å². The Bertz CT molecular complexity index is 1220. The number of rotatable bonds is 5. The zero-order valence-electron chi connectivity index (χ0n) is 19.8. The summed E-state index contributed by atoms with van der Waals surface area (Å²) in [6.45, 7) is 10.8. The second-order valence-corrected chi connectivity index (χ2v) is 9.48. The molecule has 0 N–H and O–H groups in total. The van der Waals surface area contributed by atoms with Crippen molar-refractivity contribution < 1.29 is 0 Å². The van der Waals surface area contributed by atoms with Gasteiger partial charge in [-0.2, -0.15) is 0 Å². The molecule has 0 saturated carbocycles. The lowest BCUT2D eigenvalue weighted by Crippen LogP contribution is -2.55. The molecule has 0 amide bonds. The van der Waals surface area contributed by atoms with E-state index in [0.29, 0.717) is 12.0 Å². The number of hydrogen-bond acceptors (Lipinski definition) is 4. The Balaban J connectivity index is 1.53. The van der Waals surface area contributed by atoms with Crippen LogP contribution in [0.3, 0.4) is 0 Å². The number of nitrogens with zero attached hydrogens (tertiary/aromatic N) is 4. The first-order valence-corrected chi connectivity index (χ1v) is 12.0. The normalized spacial score (nSPS) is 17.1. The van der Waals surface area contributed by atoms with Crippen LogP contribution >= 0.6 is 0 Å². The van der Waals surface area contributed by atoms with Crippen LogP contribution in [0.25, 0.3) is 22.3 Å². The molecule has 1 fully saturated rings. The van der Waals surface area contributed by atoms with E-state index in [1.807, 2.05) is 6.07 Å². The molecule has 0 bridgehead atoms. The lowest BCUT2D eigenvalue weighted by atomic mass is 9.98. The molecule has 1 atom stereocenters. The molecule has 168 valence electrons. The van der Waals surface area contributed by atoms with E-state index in [2.05, 4.69) is 103 Å². The second kappa shape index (κ2) is 9.32. The number of benzene rings is 3. The molecule has 1 aliphatic rings. The number of aryl methyl sites for hydroxylation is 1. The highest BCUT2D eigenvalue weighted by Crippen LogP contribution is 2.32. The summed E-state index contributed by atoms with van der Waals surface area (Å²) in [7, 11) is 0. The van der Waals surface area contributed by atoms with Crippen LogP contribution in [0.15, 0.2) is 78.9 Å². The van der Waals surface area contributed by atoms with Gasteiger partial charge in [-0.3, -0.25) is 4.90 Å². The lowest BCUT2D eigenvalue weighted by Gasteiger charge is -2.44. The lowest BCUT2D eigenvalue weighted by molar-refractivity contribution is 0.192. The smallest absolute Gasteiger partial charge is 0.162 e. The maximum atomic E-state index is 5.16. The number of anilines is 1. The van der Waals surface area contributed by atoms with Gasteiger partial charge in [-0.25, -0.2) is 9.97 Å². The Kier molecular flexibility index (Phi) is 6.10. The van der Waals surface area contributed by atoms with Crippen LogP contribution in [-0.2, 0) is 6.54 Å². The first-order valence-electron chi connectivity index (χ1n) is 12.0. The Labute approximate surface area is 196 Å². The Morgan fingerprint density at radius 2 is 1.61 bits per heavy atom. The van der Waals surface area contributed by atoms with E-state index in [4.69, 9.17) is 9.97 Å². The fraction of sp³-hybridized carbons (Fsp3) is 0.310. The molecule has 0 aliphatic carbocycles. The summed E-state index contributed by atoms with van der Waals surface area (Å²) < 4.78 is 0. The van der Waals surface area contributed by atoms with Crippen molar-refractivity contribution in [2.24, 2.45) is 5.92 Å². The van der Waals surface area contributed by atoms with Gasteiger partial charge in [0.2, 0.25) is 0 Å². The van der Waals surface area contributed by atoms with Crippen molar-refractivity contribution >= 4 is 16.7 Å². The molecule has 33 heavy (non-hydrogen) atoms. The van der Waals surface area contributed by atoms with Crippen LogP contribution in [0.2, 0.25) is 0 Å². The van der Waals surface area contributed by atoms with Gasteiger partial charge in [-0.1, -0.05) is 80.6 Å². The van der Waals surface area contributed by atoms with E-state index in [0.717, 1.165) is 54.3 Å². The average Bonchev–Trinajstić information content (AvgIpc) is 2.84. The van der Waals surface area contributed by atoms with Crippen LogP contribution < -0.4 is 4.90 Å². The SMILES string of the molecule is Cc1ccc2c(N3CCN(Cc4ccccc4)C[C@@H]3C(C)C)nc(-c3ccccc3)nc2c1. The quantitative estimate of drug-likeness (QED) is 0.387. The van der Waals surface area contributed by atoms with Gasteiger partial charge in [-0.05, 0) is 36.1 Å². The summed E-state index contributed by atoms with van der Waals surface area (Å²) in [6.07, 6.45) is 0. The molecule has 4 aromatic rings. The van der Waals surface area contributed by atoms with Crippen LogP contribution in [0.5, 0.6) is 0 Å². The summed E-state index contributed by atoms with van der Waals surface area (Å²) in [5.74, 6) is 2.38. The molecule has 0 spiro atoms. The number of hydrogen-bond donors (Lipinski definition) is 0. The molecular weight excluding hydrogens is 404 g/mol. The van der Waals surface area contributed by atoms with Gasteiger partial charge in [0.1, 0.15) is 5.82 Å². The fourth-order valence-corrected chi connectivity index (χ4v) is 4.85. The van der Waals surface area contributed by atoms with Crippen molar-refractivity contribution in [3.8, 4) is 11.4 Å². The van der Waals surface area contributed by atoms with Gasteiger partial charge in [0.25, 0.3) is 0 Å². The van der Waals surface area contributed by atoms with Gasteiger partial charge in [0.15, 0.2) is 5.82 Å². The zero-order valence-corrected chi connectivity index (χ0v) is 19.8. The monoisotopic (exact) mass is 436 g/mol. The Morgan fingerprint density at radius 1 is 0.879 bits per heavy atom. The molecule has 0 unspecified atom stereocenters. The Morgan fingerprint density at radius 3 is 2.33 bits per heavy atom. The minimum Gasteiger partial charge on any atom is -0.350 e. The molecule has 1 saturated heterocycles. The summed E-state index contributed by atoms with van der Waals surface area (Å²) in [5.41, 5.74) is 4.68. The van der Waals surface area contributed by atoms with Gasteiger partial charge in [-0.15, -0.1) is 0 Å². The van der Waals surface area contributed by atoms with Gasteiger partial charge in [0, 0.05) is 43.2 Å². The molecule has 0 radical (unpaired) electrons. The fourth-order valence-electron chi connectivity index (χ4n) is 4.85. The molecule has 2 heterocycles. The minimum atomic E-state index is 0.394. The molecule has 5 rings (SSSR count). The predicted octanol–water partition coefficient (Wildman–Crippen LogP) is 5.95. The van der Waals surface area contributed by atoms with Crippen LogP contribution in [0, 0.1) is 12.8 Å². The molecule has 4 heteroatoms. The van der Waals surface area contributed by atoms with Crippen LogP contribution in [0.4, 0.5) is 5.82 Å². The highest BCUT2D eigenvalue weighted by Gasteiger charge is 2.31. The zero-order chi connectivity index (χ0) is 22.8. The highest BCUT2D eigenvalue weighted by molar-refractivity contribution is 5.91. The van der Waals surface area contributed by atoms with Gasteiger partial charge < -0.3 is 4.90 Å². The number of piperazine rings is 1. The van der Waals surface area contributed by atoms with Crippen LogP contribution in [0.1, 0.15) is 25.0 Å². The van der Waals surface area contributed by atoms with E-state index in [1.54, 1.807) is 0 Å².